The fraction of sp³-hybridized carbons (Fsp3) is 0.500. The van der Waals surface area contributed by atoms with Gasteiger partial charge >= 0.3 is 5.97 Å². The molecule has 1 saturated heterocycles. The molecular weight excluding hydrogens is 356 g/mol. The Bertz CT molecular complexity index is 707. The molecule has 9 nitrogen and oxygen atoms in total. The molecule has 27 heavy (non-hydrogen) atoms. The molecule has 1 fully saturated rings. The minimum absolute atomic E-state index is 0.0704. The molecule has 9 heteroatoms. The summed E-state index contributed by atoms with van der Waals surface area (Å²) in [5.41, 5.74) is 0.970. The number of nitrogens with zero attached hydrogens (tertiary/aromatic N) is 1. The van der Waals surface area contributed by atoms with E-state index in [1.165, 1.54) is 0 Å². The first kappa shape index (κ1) is 20.5. The molecule has 1 aliphatic heterocycles. The maximum Gasteiger partial charge on any atom is 0.334 e. The van der Waals surface area contributed by atoms with E-state index in [0.29, 0.717) is 24.5 Å². The lowest BCUT2D eigenvalue weighted by atomic mass is 10.1. The lowest BCUT2D eigenvalue weighted by Gasteiger charge is -2.17. The normalized spacial score (nSPS) is 17.5. The third-order valence-corrected chi connectivity index (χ3v) is 4.46. The molecule has 2 atom stereocenters. The van der Waals surface area contributed by atoms with E-state index in [4.69, 9.17) is 14.6 Å². The van der Waals surface area contributed by atoms with Crippen LogP contribution in [0.2, 0.25) is 0 Å². The fourth-order valence-electron chi connectivity index (χ4n) is 2.89. The third kappa shape index (κ3) is 5.33. The number of nitrogens with one attached hydrogen (secondary N) is 1. The first-order chi connectivity index (χ1) is 12.8. The summed E-state index contributed by atoms with van der Waals surface area (Å²) in [6.45, 7) is 0.335. The van der Waals surface area contributed by atoms with Crippen LogP contribution in [0.15, 0.2) is 18.2 Å². The predicted octanol–water partition coefficient (Wildman–Crippen LogP) is -0.343. The van der Waals surface area contributed by atoms with Crippen LogP contribution >= 0.6 is 0 Å². The van der Waals surface area contributed by atoms with Crippen molar-refractivity contribution in [2.24, 2.45) is 5.92 Å². The van der Waals surface area contributed by atoms with E-state index < -0.39 is 23.9 Å². The van der Waals surface area contributed by atoms with Gasteiger partial charge < -0.3 is 29.9 Å². The van der Waals surface area contributed by atoms with Gasteiger partial charge in [0.25, 0.3) is 0 Å². The van der Waals surface area contributed by atoms with E-state index in [-0.39, 0.29) is 25.4 Å². The van der Waals surface area contributed by atoms with Crippen LogP contribution in [0.5, 0.6) is 11.5 Å². The number of hydrogen-bond acceptors (Lipinski definition) is 6. The molecule has 148 valence electrons. The van der Waals surface area contributed by atoms with Gasteiger partial charge in [-0.3, -0.25) is 9.59 Å². The number of hydrogen-bond donors (Lipinski definition) is 3. The summed E-state index contributed by atoms with van der Waals surface area (Å²) in [5, 5.41) is 20.2. The van der Waals surface area contributed by atoms with Gasteiger partial charge in [-0.05, 0) is 24.1 Å². The Kier molecular flexibility index (Phi) is 7.00. The largest absolute Gasteiger partial charge is 0.493 e. The Morgan fingerprint density at radius 3 is 2.63 bits per heavy atom. The molecule has 2 rings (SSSR count). The molecule has 1 heterocycles. The molecular formula is C18H24N2O7. The maximum atomic E-state index is 12.1. The number of carbonyl (C=O) groups excluding carboxylic acids is 2. The predicted molar refractivity (Wildman–Crippen MR) is 94.6 cm³/mol. The zero-order valence-corrected chi connectivity index (χ0v) is 15.3. The van der Waals surface area contributed by atoms with Crippen LogP contribution in [0.1, 0.15) is 12.0 Å². The highest BCUT2D eigenvalue weighted by Gasteiger charge is 2.34. The van der Waals surface area contributed by atoms with E-state index in [2.05, 4.69) is 5.32 Å². The van der Waals surface area contributed by atoms with Gasteiger partial charge in [0.2, 0.25) is 11.8 Å². The summed E-state index contributed by atoms with van der Waals surface area (Å²) in [5.74, 6) is -1.29. The van der Waals surface area contributed by atoms with Crippen LogP contribution in [-0.4, -0.2) is 72.9 Å². The molecule has 3 N–H and O–H groups in total. The Morgan fingerprint density at radius 2 is 2.00 bits per heavy atom. The SMILES string of the molecule is COc1ccc(CCN2CC(C(=O)NCC(O)C(=O)O)CC2=O)cc1OC. The standard InChI is InChI=1S/C18H24N2O7/c1-26-14-4-3-11(7-15(14)27-2)5-6-20-10-12(8-16(20)22)17(23)19-9-13(21)18(24)25/h3-4,7,12-13,21H,5-6,8-10H2,1-2H3,(H,19,23)(H,24,25). The smallest absolute Gasteiger partial charge is 0.334 e. The second-order valence-electron chi connectivity index (χ2n) is 6.28. The molecule has 1 aromatic carbocycles. The van der Waals surface area contributed by atoms with E-state index >= 15 is 0 Å². The molecule has 0 aromatic heterocycles. The first-order valence-electron chi connectivity index (χ1n) is 8.53. The van der Waals surface area contributed by atoms with Crippen LogP contribution < -0.4 is 14.8 Å². The lowest BCUT2D eigenvalue weighted by Crippen LogP contribution is -2.40. The van der Waals surface area contributed by atoms with Crippen molar-refractivity contribution >= 4 is 17.8 Å². The van der Waals surface area contributed by atoms with E-state index in [9.17, 15) is 19.5 Å². The second-order valence-corrected chi connectivity index (χ2v) is 6.28. The number of methoxy groups -OCH3 is 2. The van der Waals surface area contributed by atoms with Crippen LogP contribution in [0.3, 0.4) is 0 Å². The summed E-state index contributed by atoms with van der Waals surface area (Å²) in [4.78, 5) is 36.4. The molecule has 2 unspecified atom stereocenters. The summed E-state index contributed by atoms with van der Waals surface area (Å²) >= 11 is 0. The van der Waals surface area contributed by atoms with Crippen LogP contribution in [0.25, 0.3) is 0 Å². The number of carboxylic acid groups (broad SMARTS) is 1. The van der Waals surface area contributed by atoms with Crippen molar-refractivity contribution in [3.63, 3.8) is 0 Å². The van der Waals surface area contributed by atoms with E-state index in [1.54, 1.807) is 25.2 Å². The van der Waals surface area contributed by atoms with Gasteiger partial charge in [0.05, 0.1) is 26.7 Å². The van der Waals surface area contributed by atoms with Crippen LogP contribution in [0.4, 0.5) is 0 Å². The summed E-state index contributed by atoms with van der Waals surface area (Å²) in [6, 6.07) is 5.53. The van der Waals surface area contributed by atoms with Gasteiger partial charge in [0.1, 0.15) is 0 Å². The average molecular weight is 380 g/mol. The molecule has 0 saturated carbocycles. The number of aliphatic hydroxyl groups is 1. The zero-order valence-electron chi connectivity index (χ0n) is 15.3. The number of aliphatic carboxylic acids is 1. The highest BCUT2D eigenvalue weighted by Crippen LogP contribution is 2.28. The summed E-state index contributed by atoms with van der Waals surface area (Å²) < 4.78 is 10.5. The number of ether oxygens (including phenoxy) is 2. The molecule has 0 aliphatic carbocycles. The summed E-state index contributed by atoms with van der Waals surface area (Å²) in [7, 11) is 3.11. The minimum Gasteiger partial charge on any atom is -0.493 e. The van der Waals surface area contributed by atoms with Crippen LogP contribution in [0, 0.1) is 5.92 Å². The van der Waals surface area contributed by atoms with Crippen LogP contribution in [-0.2, 0) is 20.8 Å². The van der Waals surface area contributed by atoms with Gasteiger partial charge in [0.15, 0.2) is 17.6 Å². The Morgan fingerprint density at radius 1 is 1.30 bits per heavy atom. The number of carboxylic acids is 1. The highest BCUT2D eigenvalue weighted by atomic mass is 16.5. The molecule has 1 aliphatic rings. The maximum absolute atomic E-state index is 12.1. The molecule has 0 spiro atoms. The Balaban J connectivity index is 1.87. The van der Waals surface area contributed by atoms with Gasteiger partial charge in [-0.1, -0.05) is 6.07 Å². The first-order valence-corrected chi connectivity index (χ1v) is 8.53. The highest BCUT2D eigenvalue weighted by molar-refractivity contribution is 5.89. The third-order valence-electron chi connectivity index (χ3n) is 4.46. The molecule has 1 aromatic rings. The van der Waals surface area contributed by atoms with Crippen molar-refractivity contribution < 1.29 is 34.1 Å². The number of benzene rings is 1. The monoisotopic (exact) mass is 380 g/mol. The molecule has 0 radical (unpaired) electrons. The van der Waals surface area contributed by atoms with Crippen molar-refractivity contribution in [2.45, 2.75) is 18.9 Å². The van der Waals surface area contributed by atoms with Crippen molar-refractivity contribution in [1.82, 2.24) is 10.2 Å². The average Bonchev–Trinajstić information content (AvgIpc) is 3.04. The van der Waals surface area contributed by atoms with Gasteiger partial charge in [-0.2, -0.15) is 0 Å². The van der Waals surface area contributed by atoms with E-state index in [1.807, 2.05) is 12.1 Å². The van der Waals surface area contributed by atoms with Gasteiger partial charge in [-0.25, -0.2) is 4.79 Å². The lowest BCUT2D eigenvalue weighted by molar-refractivity contribution is -0.146. The zero-order chi connectivity index (χ0) is 20.0. The van der Waals surface area contributed by atoms with Gasteiger partial charge in [0, 0.05) is 19.5 Å². The number of amides is 2. The topological polar surface area (TPSA) is 125 Å². The Labute approximate surface area is 156 Å². The van der Waals surface area contributed by atoms with Crippen molar-refractivity contribution in [1.29, 1.82) is 0 Å². The fourth-order valence-corrected chi connectivity index (χ4v) is 2.89. The Hall–Kier alpha value is -2.81. The molecule has 0 bridgehead atoms. The quantitative estimate of drug-likeness (QED) is 0.535. The molecule has 2 amide bonds. The van der Waals surface area contributed by atoms with Crippen molar-refractivity contribution in [3.8, 4) is 11.5 Å². The summed E-state index contributed by atoms with van der Waals surface area (Å²) in [6.07, 6.45) is -0.994. The minimum atomic E-state index is -1.66. The number of carbonyl (C=O) groups is 3. The van der Waals surface area contributed by atoms with E-state index in [0.717, 1.165) is 5.56 Å². The van der Waals surface area contributed by atoms with Crippen molar-refractivity contribution in [2.75, 3.05) is 33.9 Å². The van der Waals surface area contributed by atoms with Gasteiger partial charge in [-0.15, -0.1) is 0 Å². The number of rotatable bonds is 9. The number of aliphatic hydroxyl groups excluding tert-OH is 1. The van der Waals surface area contributed by atoms with Crippen molar-refractivity contribution in [3.05, 3.63) is 23.8 Å². The number of likely N-dealkylation sites (tertiary alicyclic amines) is 1. The second kappa shape index (κ2) is 9.22.